The molecule has 1 aromatic heterocycles. The van der Waals surface area contributed by atoms with Crippen LogP contribution in [0.3, 0.4) is 0 Å². The second-order valence-electron chi connectivity index (χ2n) is 4.13. The number of aromatic nitrogens is 1. The van der Waals surface area contributed by atoms with Crippen LogP contribution < -0.4 is 10.5 Å². The molecule has 1 heterocycles. The van der Waals surface area contributed by atoms with Crippen LogP contribution in [0.15, 0.2) is 48.8 Å². The van der Waals surface area contributed by atoms with Gasteiger partial charge in [0.05, 0.1) is 6.54 Å². The monoisotopic (exact) mass is 230 g/mol. The number of benzene rings is 1. The van der Waals surface area contributed by atoms with Crippen molar-refractivity contribution in [2.75, 3.05) is 6.61 Å². The molecule has 1 atom stereocenters. The van der Waals surface area contributed by atoms with Gasteiger partial charge in [0, 0.05) is 18.4 Å². The first-order valence-corrected chi connectivity index (χ1v) is 5.85. The van der Waals surface area contributed by atoms with Crippen LogP contribution in [0.1, 0.15) is 18.5 Å². The van der Waals surface area contributed by atoms with E-state index in [-0.39, 0.29) is 6.04 Å². The average Bonchev–Trinajstić information content (AvgIpc) is 2.79. The Balaban J connectivity index is 1.82. The van der Waals surface area contributed by atoms with E-state index < -0.39 is 0 Å². The highest BCUT2D eigenvalue weighted by molar-refractivity contribution is 5.20. The second-order valence-corrected chi connectivity index (χ2v) is 4.13. The zero-order chi connectivity index (χ0) is 12.1. The molecule has 0 aliphatic rings. The Kier molecular flexibility index (Phi) is 3.83. The Hall–Kier alpha value is -1.74. The summed E-state index contributed by atoms with van der Waals surface area (Å²) in [6.07, 6.45) is 4.10. The zero-order valence-corrected chi connectivity index (χ0v) is 10.0. The number of ether oxygens (including phenoxy) is 1. The van der Waals surface area contributed by atoms with Gasteiger partial charge in [0.15, 0.2) is 0 Å². The third kappa shape index (κ3) is 3.36. The molecule has 0 spiro atoms. The van der Waals surface area contributed by atoms with Crippen molar-refractivity contribution in [2.45, 2.75) is 19.5 Å². The molecule has 1 unspecified atom stereocenters. The van der Waals surface area contributed by atoms with Crippen molar-refractivity contribution in [2.24, 2.45) is 5.73 Å². The molecule has 3 nitrogen and oxygen atoms in total. The van der Waals surface area contributed by atoms with Crippen molar-refractivity contribution in [3.63, 3.8) is 0 Å². The fourth-order valence-corrected chi connectivity index (χ4v) is 1.65. The molecule has 1 aromatic carbocycles. The minimum atomic E-state index is 0.0892. The predicted octanol–water partition coefficient (Wildman–Crippen LogP) is 2.59. The topological polar surface area (TPSA) is 40.2 Å². The van der Waals surface area contributed by atoms with Crippen LogP contribution in [-0.2, 0) is 6.54 Å². The normalized spacial score (nSPS) is 12.4. The van der Waals surface area contributed by atoms with Gasteiger partial charge in [-0.05, 0) is 30.7 Å². The van der Waals surface area contributed by atoms with Gasteiger partial charge in [-0.25, -0.2) is 0 Å². The van der Waals surface area contributed by atoms with Gasteiger partial charge in [-0.1, -0.05) is 18.2 Å². The minimum Gasteiger partial charge on any atom is -0.492 e. The maximum absolute atomic E-state index is 5.80. The van der Waals surface area contributed by atoms with Gasteiger partial charge < -0.3 is 15.0 Å². The lowest BCUT2D eigenvalue weighted by molar-refractivity contribution is 0.298. The third-order valence-corrected chi connectivity index (χ3v) is 2.66. The van der Waals surface area contributed by atoms with Crippen LogP contribution in [0, 0.1) is 0 Å². The largest absolute Gasteiger partial charge is 0.492 e. The molecule has 0 aliphatic heterocycles. The summed E-state index contributed by atoms with van der Waals surface area (Å²) in [5.41, 5.74) is 6.96. The number of rotatable bonds is 5. The van der Waals surface area contributed by atoms with Gasteiger partial charge in [0.1, 0.15) is 12.4 Å². The van der Waals surface area contributed by atoms with Gasteiger partial charge in [-0.3, -0.25) is 0 Å². The van der Waals surface area contributed by atoms with E-state index in [1.807, 2.05) is 49.5 Å². The summed E-state index contributed by atoms with van der Waals surface area (Å²) < 4.78 is 7.73. The SMILES string of the molecule is CC(N)c1ccn(CCOc2ccccc2)c1. The third-order valence-electron chi connectivity index (χ3n) is 2.66. The highest BCUT2D eigenvalue weighted by atomic mass is 16.5. The van der Waals surface area contributed by atoms with E-state index in [1.165, 1.54) is 0 Å². The lowest BCUT2D eigenvalue weighted by Crippen LogP contribution is -2.07. The maximum atomic E-state index is 5.80. The molecule has 2 rings (SSSR count). The van der Waals surface area contributed by atoms with Crippen molar-refractivity contribution in [3.05, 3.63) is 54.4 Å². The molecular formula is C14H18N2O. The summed E-state index contributed by atoms with van der Waals surface area (Å²) in [4.78, 5) is 0. The predicted molar refractivity (Wildman–Crippen MR) is 69.0 cm³/mol. The molecule has 17 heavy (non-hydrogen) atoms. The molecule has 2 aromatic rings. The van der Waals surface area contributed by atoms with E-state index in [0.717, 1.165) is 17.9 Å². The summed E-state index contributed by atoms with van der Waals surface area (Å²) in [5, 5.41) is 0. The average molecular weight is 230 g/mol. The molecule has 0 fully saturated rings. The Morgan fingerprint density at radius 1 is 1.24 bits per heavy atom. The van der Waals surface area contributed by atoms with E-state index in [0.29, 0.717) is 6.61 Å². The quantitative estimate of drug-likeness (QED) is 0.857. The van der Waals surface area contributed by atoms with Gasteiger partial charge in [-0.15, -0.1) is 0 Å². The number of hydrogen-bond donors (Lipinski definition) is 1. The standard InChI is InChI=1S/C14H18N2O/c1-12(15)13-7-8-16(11-13)9-10-17-14-5-3-2-4-6-14/h2-8,11-12H,9-10,15H2,1H3. The minimum absolute atomic E-state index is 0.0892. The first-order valence-electron chi connectivity index (χ1n) is 5.85. The van der Waals surface area contributed by atoms with Gasteiger partial charge >= 0.3 is 0 Å². The Morgan fingerprint density at radius 3 is 2.65 bits per heavy atom. The first kappa shape index (κ1) is 11.7. The highest BCUT2D eigenvalue weighted by Crippen LogP contribution is 2.11. The Morgan fingerprint density at radius 2 is 2.00 bits per heavy atom. The number of nitrogens with zero attached hydrogens (tertiary/aromatic N) is 1. The summed E-state index contributed by atoms with van der Waals surface area (Å²) >= 11 is 0. The zero-order valence-electron chi connectivity index (χ0n) is 10.0. The van der Waals surface area contributed by atoms with Crippen molar-refractivity contribution < 1.29 is 4.74 Å². The molecule has 0 aliphatic carbocycles. The van der Waals surface area contributed by atoms with Gasteiger partial charge in [-0.2, -0.15) is 0 Å². The summed E-state index contributed by atoms with van der Waals surface area (Å²) in [5.74, 6) is 0.909. The lowest BCUT2D eigenvalue weighted by atomic mass is 10.2. The van der Waals surface area contributed by atoms with E-state index in [4.69, 9.17) is 10.5 Å². The molecule has 0 radical (unpaired) electrons. The van der Waals surface area contributed by atoms with Crippen LogP contribution in [0.2, 0.25) is 0 Å². The van der Waals surface area contributed by atoms with E-state index >= 15 is 0 Å². The van der Waals surface area contributed by atoms with E-state index in [9.17, 15) is 0 Å². The first-order chi connectivity index (χ1) is 8.25. The molecular weight excluding hydrogens is 212 g/mol. The number of nitrogens with two attached hydrogens (primary N) is 1. The summed E-state index contributed by atoms with van der Waals surface area (Å²) in [7, 11) is 0. The summed E-state index contributed by atoms with van der Waals surface area (Å²) in [6, 6.07) is 12.0. The second kappa shape index (κ2) is 5.55. The van der Waals surface area contributed by atoms with Gasteiger partial charge in [0.25, 0.3) is 0 Å². The number of para-hydroxylation sites is 1. The maximum Gasteiger partial charge on any atom is 0.119 e. The molecule has 0 amide bonds. The summed E-state index contributed by atoms with van der Waals surface area (Å²) in [6.45, 7) is 3.48. The Labute approximate surface area is 102 Å². The van der Waals surface area contributed by atoms with Crippen LogP contribution >= 0.6 is 0 Å². The number of hydrogen-bond acceptors (Lipinski definition) is 2. The molecule has 0 saturated carbocycles. The highest BCUT2D eigenvalue weighted by Gasteiger charge is 2.01. The van der Waals surface area contributed by atoms with Crippen molar-refractivity contribution in [1.29, 1.82) is 0 Å². The van der Waals surface area contributed by atoms with E-state index in [1.54, 1.807) is 0 Å². The fraction of sp³-hybridized carbons (Fsp3) is 0.286. The molecule has 3 heteroatoms. The molecule has 2 N–H and O–H groups in total. The van der Waals surface area contributed by atoms with Crippen LogP contribution in [0.25, 0.3) is 0 Å². The van der Waals surface area contributed by atoms with E-state index in [2.05, 4.69) is 10.8 Å². The van der Waals surface area contributed by atoms with Crippen molar-refractivity contribution in [3.8, 4) is 5.75 Å². The lowest BCUT2D eigenvalue weighted by Gasteiger charge is -2.06. The van der Waals surface area contributed by atoms with Crippen molar-refractivity contribution in [1.82, 2.24) is 4.57 Å². The van der Waals surface area contributed by atoms with Crippen LogP contribution in [0.4, 0.5) is 0 Å². The van der Waals surface area contributed by atoms with Crippen LogP contribution in [0.5, 0.6) is 5.75 Å². The molecule has 0 saturated heterocycles. The van der Waals surface area contributed by atoms with Crippen LogP contribution in [-0.4, -0.2) is 11.2 Å². The smallest absolute Gasteiger partial charge is 0.119 e. The fourth-order valence-electron chi connectivity index (χ4n) is 1.65. The molecule has 0 bridgehead atoms. The van der Waals surface area contributed by atoms with Crippen molar-refractivity contribution >= 4 is 0 Å². The van der Waals surface area contributed by atoms with Gasteiger partial charge in [0.2, 0.25) is 0 Å². The molecule has 90 valence electrons. The Bertz CT molecular complexity index is 448.